The lowest BCUT2D eigenvalue weighted by atomic mass is 10.1. The molecule has 0 aliphatic carbocycles. The third-order valence-electron chi connectivity index (χ3n) is 5.67. The van der Waals surface area contributed by atoms with E-state index in [2.05, 4.69) is 4.99 Å². The SMILES string of the molecule is COc1ccc(CCN2C(=NC(=O)CCc3ccccc3)S[C@@H]3CS(=O)(=O)C[C@H]32)cc1. The highest BCUT2D eigenvalue weighted by Gasteiger charge is 2.48. The van der Waals surface area contributed by atoms with Crippen molar-refractivity contribution in [3.05, 3.63) is 65.7 Å². The van der Waals surface area contributed by atoms with Crippen LogP contribution in [0.5, 0.6) is 5.75 Å². The van der Waals surface area contributed by atoms with Gasteiger partial charge in [-0.15, -0.1) is 0 Å². The Kier molecular flexibility index (Phi) is 6.67. The smallest absolute Gasteiger partial charge is 0.248 e. The largest absolute Gasteiger partial charge is 0.497 e. The van der Waals surface area contributed by atoms with Crippen molar-refractivity contribution in [2.24, 2.45) is 4.99 Å². The second-order valence-corrected chi connectivity index (χ2v) is 11.2. The molecule has 6 nitrogen and oxygen atoms in total. The molecule has 2 atom stereocenters. The Morgan fingerprint density at radius 2 is 1.77 bits per heavy atom. The molecule has 0 N–H and O–H groups in total. The maximum Gasteiger partial charge on any atom is 0.248 e. The van der Waals surface area contributed by atoms with Gasteiger partial charge < -0.3 is 9.64 Å². The summed E-state index contributed by atoms with van der Waals surface area (Å²) < 4.78 is 29.5. The maximum absolute atomic E-state index is 12.6. The van der Waals surface area contributed by atoms with Gasteiger partial charge in [0.2, 0.25) is 5.91 Å². The minimum atomic E-state index is -3.05. The number of aryl methyl sites for hydroxylation is 1. The molecule has 164 valence electrons. The molecule has 2 saturated heterocycles. The molecule has 0 radical (unpaired) electrons. The minimum absolute atomic E-state index is 0.0541. The molecule has 0 bridgehead atoms. The number of rotatable bonds is 7. The number of fused-ring (bicyclic) bond motifs is 1. The number of hydrogen-bond acceptors (Lipinski definition) is 5. The average molecular weight is 459 g/mol. The molecule has 2 heterocycles. The number of carbonyl (C=O) groups excluding carboxylic acids is 1. The number of amides is 1. The van der Waals surface area contributed by atoms with E-state index in [1.54, 1.807) is 7.11 Å². The highest BCUT2D eigenvalue weighted by atomic mass is 32.2. The fraction of sp³-hybridized carbons (Fsp3) is 0.391. The van der Waals surface area contributed by atoms with Crippen molar-refractivity contribution in [3.8, 4) is 5.75 Å². The van der Waals surface area contributed by atoms with Gasteiger partial charge in [0.1, 0.15) is 5.75 Å². The summed E-state index contributed by atoms with van der Waals surface area (Å²) in [5.41, 5.74) is 2.24. The van der Waals surface area contributed by atoms with Gasteiger partial charge in [-0.1, -0.05) is 54.2 Å². The molecule has 0 aromatic heterocycles. The van der Waals surface area contributed by atoms with Gasteiger partial charge >= 0.3 is 0 Å². The van der Waals surface area contributed by atoms with E-state index in [0.717, 1.165) is 23.3 Å². The fourth-order valence-corrected chi connectivity index (χ4v) is 7.99. The third kappa shape index (κ3) is 5.49. The second-order valence-electron chi connectivity index (χ2n) is 7.87. The maximum atomic E-state index is 12.6. The standard InChI is InChI=1S/C23H26N2O4S2/c1-29-19-10-7-18(8-11-19)13-14-25-20-15-31(27,28)16-21(20)30-23(25)24-22(26)12-9-17-5-3-2-4-6-17/h2-8,10-11,20-21H,9,12-16H2,1H3/t20-,21-/m1/s1. The quantitative estimate of drug-likeness (QED) is 0.635. The third-order valence-corrected chi connectivity index (χ3v) is 8.91. The van der Waals surface area contributed by atoms with E-state index < -0.39 is 9.84 Å². The molecule has 8 heteroatoms. The first-order valence-electron chi connectivity index (χ1n) is 10.4. The number of nitrogens with zero attached hydrogens (tertiary/aromatic N) is 2. The number of sulfone groups is 1. The fourth-order valence-electron chi connectivity index (χ4n) is 4.00. The second kappa shape index (κ2) is 9.44. The van der Waals surface area contributed by atoms with Crippen molar-refractivity contribution in [2.75, 3.05) is 25.2 Å². The van der Waals surface area contributed by atoms with Crippen LogP contribution in [0, 0.1) is 0 Å². The van der Waals surface area contributed by atoms with Crippen LogP contribution in [0.3, 0.4) is 0 Å². The number of thioether (sulfide) groups is 1. The first kappa shape index (κ1) is 21.9. The topological polar surface area (TPSA) is 76.0 Å². The highest BCUT2D eigenvalue weighted by Crippen LogP contribution is 2.38. The van der Waals surface area contributed by atoms with E-state index in [1.165, 1.54) is 11.8 Å². The first-order valence-corrected chi connectivity index (χ1v) is 13.1. The van der Waals surface area contributed by atoms with Gasteiger partial charge in [0.05, 0.1) is 24.7 Å². The van der Waals surface area contributed by atoms with Crippen LogP contribution in [-0.2, 0) is 27.5 Å². The Bertz CT molecular complexity index is 1050. The molecule has 1 amide bonds. The monoisotopic (exact) mass is 458 g/mol. The van der Waals surface area contributed by atoms with Crippen LogP contribution in [-0.4, -0.2) is 60.8 Å². The van der Waals surface area contributed by atoms with Crippen LogP contribution >= 0.6 is 11.8 Å². The summed E-state index contributed by atoms with van der Waals surface area (Å²) in [4.78, 5) is 19.0. The zero-order chi connectivity index (χ0) is 21.8. The normalized spacial score (nSPS) is 23.1. The van der Waals surface area contributed by atoms with Gasteiger partial charge in [-0.2, -0.15) is 4.99 Å². The van der Waals surface area contributed by atoms with Gasteiger partial charge in [-0.25, -0.2) is 8.42 Å². The van der Waals surface area contributed by atoms with Crippen molar-refractivity contribution in [1.29, 1.82) is 0 Å². The summed E-state index contributed by atoms with van der Waals surface area (Å²) in [5, 5.41) is 0.609. The van der Waals surface area contributed by atoms with Crippen molar-refractivity contribution in [2.45, 2.75) is 30.6 Å². The van der Waals surface area contributed by atoms with E-state index in [1.807, 2.05) is 59.5 Å². The number of ether oxygens (including phenoxy) is 1. The van der Waals surface area contributed by atoms with Crippen LogP contribution in [0.25, 0.3) is 0 Å². The summed E-state index contributed by atoms with van der Waals surface area (Å²) in [6.45, 7) is 0.626. The molecule has 0 unspecified atom stereocenters. The van der Waals surface area contributed by atoms with Gasteiger partial charge in [-0.05, 0) is 36.1 Å². The van der Waals surface area contributed by atoms with Gasteiger partial charge in [-0.3, -0.25) is 4.79 Å². The number of methoxy groups -OCH3 is 1. The van der Waals surface area contributed by atoms with Crippen LogP contribution < -0.4 is 4.74 Å². The first-order chi connectivity index (χ1) is 14.9. The number of amidine groups is 1. The lowest BCUT2D eigenvalue weighted by molar-refractivity contribution is -0.117. The highest BCUT2D eigenvalue weighted by molar-refractivity contribution is 8.15. The van der Waals surface area contributed by atoms with E-state index in [-0.39, 0.29) is 28.7 Å². The summed E-state index contributed by atoms with van der Waals surface area (Å²) in [5.74, 6) is 0.917. The minimum Gasteiger partial charge on any atom is -0.497 e. The Balaban J connectivity index is 1.45. The Morgan fingerprint density at radius 3 is 2.48 bits per heavy atom. The summed E-state index contributed by atoms with van der Waals surface area (Å²) in [6, 6.07) is 17.6. The van der Waals surface area contributed by atoms with Crippen molar-refractivity contribution >= 4 is 32.7 Å². The number of benzene rings is 2. The van der Waals surface area contributed by atoms with E-state index in [4.69, 9.17) is 4.74 Å². The lowest BCUT2D eigenvalue weighted by Gasteiger charge is -2.24. The Labute approximate surface area is 187 Å². The molecular weight excluding hydrogens is 432 g/mol. The van der Waals surface area contributed by atoms with Crippen LogP contribution in [0.15, 0.2) is 59.6 Å². The molecule has 2 aliphatic heterocycles. The van der Waals surface area contributed by atoms with Crippen LogP contribution in [0.1, 0.15) is 17.5 Å². The lowest BCUT2D eigenvalue weighted by Crippen LogP contribution is -2.39. The molecule has 4 rings (SSSR count). The zero-order valence-electron chi connectivity index (χ0n) is 17.4. The van der Waals surface area contributed by atoms with Gasteiger partial charge in [0.25, 0.3) is 0 Å². The summed E-state index contributed by atoms with van der Waals surface area (Å²) in [7, 11) is -1.41. The van der Waals surface area contributed by atoms with E-state index in [9.17, 15) is 13.2 Å². The zero-order valence-corrected chi connectivity index (χ0v) is 19.1. The molecule has 2 aromatic rings. The molecule has 0 saturated carbocycles. The number of aliphatic imine (C=N–C) groups is 1. The molecule has 31 heavy (non-hydrogen) atoms. The molecule has 0 spiro atoms. The predicted octanol–water partition coefficient (Wildman–Crippen LogP) is 2.97. The average Bonchev–Trinajstić information content (AvgIpc) is 3.22. The Morgan fingerprint density at radius 1 is 1.06 bits per heavy atom. The van der Waals surface area contributed by atoms with Crippen molar-refractivity contribution in [1.82, 2.24) is 4.90 Å². The molecule has 2 aromatic carbocycles. The van der Waals surface area contributed by atoms with Gasteiger partial charge in [0.15, 0.2) is 15.0 Å². The van der Waals surface area contributed by atoms with E-state index >= 15 is 0 Å². The van der Waals surface area contributed by atoms with E-state index in [0.29, 0.717) is 24.6 Å². The molecule has 2 aliphatic rings. The van der Waals surface area contributed by atoms with Crippen LogP contribution in [0.2, 0.25) is 0 Å². The van der Waals surface area contributed by atoms with Crippen molar-refractivity contribution in [3.63, 3.8) is 0 Å². The summed E-state index contributed by atoms with van der Waals surface area (Å²) in [6.07, 6.45) is 1.73. The Hall–Kier alpha value is -2.32. The van der Waals surface area contributed by atoms with Crippen molar-refractivity contribution < 1.29 is 17.9 Å². The number of hydrogen-bond donors (Lipinski definition) is 0. The predicted molar refractivity (Wildman–Crippen MR) is 124 cm³/mol. The molecular formula is C23H26N2O4S2. The van der Waals surface area contributed by atoms with Gasteiger partial charge in [0, 0.05) is 18.2 Å². The number of carbonyl (C=O) groups is 1. The summed E-state index contributed by atoms with van der Waals surface area (Å²) >= 11 is 1.44. The van der Waals surface area contributed by atoms with Crippen LogP contribution in [0.4, 0.5) is 0 Å². The molecule has 2 fully saturated rings.